The van der Waals surface area contributed by atoms with Gasteiger partial charge >= 0.3 is 0 Å². The zero-order valence-electron chi connectivity index (χ0n) is 16.9. The quantitative estimate of drug-likeness (QED) is 0.766. The van der Waals surface area contributed by atoms with Crippen LogP contribution in [0.3, 0.4) is 0 Å². The molecule has 7 nitrogen and oxygen atoms in total. The highest BCUT2D eigenvalue weighted by molar-refractivity contribution is 7.89. The number of piperidine rings is 1. The zero-order valence-corrected chi connectivity index (χ0v) is 17.7. The third-order valence-electron chi connectivity index (χ3n) is 5.22. The molecule has 1 atom stereocenters. The van der Waals surface area contributed by atoms with Crippen molar-refractivity contribution < 1.29 is 13.2 Å². The summed E-state index contributed by atoms with van der Waals surface area (Å²) in [5.41, 5.74) is 1.96. The molecule has 0 bridgehead atoms. The largest absolute Gasteiger partial charge is 0.349 e. The minimum Gasteiger partial charge on any atom is -0.349 e. The predicted molar refractivity (Wildman–Crippen MR) is 110 cm³/mol. The Balaban J connectivity index is 1.69. The molecule has 0 saturated carbocycles. The van der Waals surface area contributed by atoms with Gasteiger partial charge in [0.05, 0.1) is 29.2 Å². The first kappa shape index (κ1) is 20.8. The van der Waals surface area contributed by atoms with Crippen molar-refractivity contribution in [1.82, 2.24) is 19.2 Å². The molecule has 28 heavy (non-hydrogen) atoms. The van der Waals surface area contributed by atoms with Gasteiger partial charge in [-0.15, -0.1) is 0 Å². The fourth-order valence-electron chi connectivity index (χ4n) is 3.90. The van der Waals surface area contributed by atoms with Crippen molar-refractivity contribution in [3.05, 3.63) is 30.1 Å². The van der Waals surface area contributed by atoms with Crippen molar-refractivity contribution in [3.8, 4) is 0 Å². The molecule has 1 aromatic carbocycles. The Morgan fingerprint density at radius 2 is 2.07 bits per heavy atom. The summed E-state index contributed by atoms with van der Waals surface area (Å²) in [5.74, 6) is 0.548. The van der Waals surface area contributed by atoms with Crippen LogP contribution in [-0.2, 0) is 21.4 Å². The van der Waals surface area contributed by atoms with E-state index in [0.717, 1.165) is 16.9 Å². The number of hydrogen-bond acceptors (Lipinski definition) is 4. The number of carbonyl (C=O) groups is 1. The van der Waals surface area contributed by atoms with Crippen LogP contribution in [0.2, 0.25) is 0 Å². The number of nitrogens with zero attached hydrogens (tertiary/aromatic N) is 3. The van der Waals surface area contributed by atoms with Gasteiger partial charge in [0.25, 0.3) is 0 Å². The lowest BCUT2D eigenvalue weighted by Gasteiger charge is -2.31. The third kappa shape index (κ3) is 4.38. The smallest absolute Gasteiger partial charge is 0.224 e. The van der Waals surface area contributed by atoms with Crippen LogP contribution in [0.25, 0.3) is 11.0 Å². The summed E-state index contributed by atoms with van der Waals surface area (Å²) in [6, 6.07) is 8.17. The molecule has 8 heteroatoms. The topological polar surface area (TPSA) is 84.3 Å². The molecule has 0 unspecified atom stereocenters. The number of sulfonamides is 1. The number of imidazole rings is 1. The first-order valence-electron chi connectivity index (χ1n) is 10.0. The molecule has 1 amide bonds. The van der Waals surface area contributed by atoms with Crippen molar-refractivity contribution in [2.24, 2.45) is 5.92 Å². The van der Waals surface area contributed by atoms with Crippen molar-refractivity contribution in [2.75, 3.05) is 18.8 Å². The first-order valence-corrected chi connectivity index (χ1v) is 11.7. The Morgan fingerprint density at radius 1 is 1.32 bits per heavy atom. The Kier molecular flexibility index (Phi) is 6.40. The molecule has 1 N–H and O–H groups in total. The van der Waals surface area contributed by atoms with Gasteiger partial charge in [-0.25, -0.2) is 17.7 Å². The van der Waals surface area contributed by atoms with E-state index in [9.17, 15) is 13.2 Å². The van der Waals surface area contributed by atoms with Gasteiger partial charge in [0.2, 0.25) is 15.9 Å². The maximum absolute atomic E-state index is 12.7. The fourth-order valence-corrected chi connectivity index (χ4v) is 5.49. The molecule has 1 fully saturated rings. The van der Waals surface area contributed by atoms with Crippen LogP contribution in [-0.4, -0.2) is 47.0 Å². The Hall–Kier alpha value is -1.93. The minimum absolute atomic E-state index is 0.0984. The lowest BCUT2D eigenvalue weighted by molar-refractivity contribution is -0.126. The summed E-state index contributed by atoms with van der Waals surface area (Å²) in [4.78, 5) is 17.4. The number of rotatable bonds is 7. The molecule has 0 radical (unpaired) electrons. The van der Waals surface area contributed by atoms with E-state index < -0.39 is 10.0 Å². The fraction of sp³-hybridized carbons (Fsp3) is 0.600. The van der Waals surface area contributed by atoms with Crippen molar-refractivity contribution in [1.29, 1.82) is 0 Å². The molecule has 1 aliphatic rings. The summed E-state index contributed by atoms with van der Waals surface area (Å²) in [5, 5.41) is 2.99. The van der Waals surface area contributed by atoms with Gasteiger partial charge < -0.3 is 9.88 Å². The van der Waals surface area contributed by atoms with Gasteiger partial charge in [-0.1, -0.05) is 19.1 Å². The molecular formula is C20H30N4O3S. The zero-order chi connectivity index (χ0) is 20.3. The monoisotopic (exact) mass is 406 g/mol. The van der Waals surface area contributed by atoms with Crippen molar-refractivity contribution >= 4 is 27.0 Å². The molecule has 3 rings (SSSR count). The number of para-hydroxylation sites is 2. The maximum Gasteiger partial charge on any atom is 0.224 e. The molecule has 2 heterocycles. The number of fused-ring (bicyclic) bond motifs is 1. The van der Waals surface area contributed by atoms with Gasteiger partial charge in [-0.3, -0.25) is 4.79 Å². The van der Waals surface area contributed by atoms with Crippen molar-refractivity contribution in [3.63, 3.8) is 0 Å². The number of nitrogens with one attached hydrogen (secondary N) is 1. The van der Waals surface area contributed by atoms with Crippen LogP contribution in [0, 0.1) is 5.92 Å². The minimum atomic E-state index is -3.27. The summed E-state index contributed by atoms with van der Waals surface area (Å²) < 4.78 is 28.3. The van der Waals surface area contributed by atoms with E-state index in [1.54, 1.807) is 0 Å². The van der Waals surface area contributed by atoms with Crippen LogP contribution in [0.1, 0.15) is 51.9 Å². The van der Waals surface area contributed by atoms with E-state index in [-0.39, 0.29) is 30.2 Å². The van der Waals surface area contributed by atoms with Gasteiger partial charge in [0.1, 0.15) is 5.82 Å². The van der Waals surface area contributed by atoms with E-state index in [4.69, 9.17) is 0 Å². The van der Waals surface area contributed by atoms with Crippen LogP contribution >= 0.6 is 0 Å². The third-order valence-corrected chi connectivity index (χ3v) is 7.26. The highest BCUT2D eigenvalue weighted by Crippen LogP contribution is 2.22. The average Bonchev–Trinajstić information content (AvgIpc) is 3.04. The van der Waals surface area contributed by atoms with Crippen LogP contribution in [0.4, 0.5) is 0 Å². The molecule has 0 aliphatic carbocycles. The summed E-state index contributed by atoms with van der Waals surface area (Å²) >= 11 is 0. The van der Waals surface area contributed by atoms with Gasteiger partial charge in [-0.05, 0) is 45.2 Å². The predicted octanol–water partition coefficient (Wildman–Crippen LogP) is 2.69. The van der Waals surface area contributed by atoms with Gasteiger partial charge in [0, 0.05) is 19.1 Å². The van der Waals surface area contributed by atoms with E-state index in [1.807, 2.05) is 31.2 Å². The number of benzene rings is 1. The number of hydrogen-bond donors (Lipinski definition) is 1. The Labute approximate surface area is 167 Å². The first-order chi connectivity index (χ1) is 13.3. The van der Waals surface area contributed by atoms with Crippen LogP contribution < -0.4 is 5.32 Å². The summed E-state index contributed by atoms with van der Waals surface area (Å²) in [6.45, 7) is 7.16. The second kappa shape index (κ2) is 8.61. The SMILES string of the molecule is CCCS(=O)(=O)N1CCC[C@H](C(=O)NCc2nc3ccccc3n2C(C)C)C1. The molecule has 0 spiro atoms. The van der Waals surface area contributed by atoms with Crippen LogP contribution in [0.5, 0.6) is 0 Å². The summed E-state index contributed by atoms with van der Waals surface area (Å²) in [6.07, 6.45) is 2.01. The molecule has 154 valence electrons. The molecule has 1 aromatic heterocycles. The highest BCUT2D eigenvalue weighted by Gasteiger charge is 2.31. The van der Waals surface area contributed by atoms with E-state index >= 15 is 0 Å². The Morgan fingerprint density at radius 3 is 2.79 bits per heavy atom. The lowest BCUT2D eigenvalue weighted by atomic mass is 9.99. The highest BCUT2D eigenvalue weighted by atomic mass is 32.2. The van der Waals surface area contributed by atoms with Crippen molar-refractivity contribution in [2.45, 2.75) is 52.6 Å². The molecule has 1 saturated heterocycles. The van der Waals surface area contributed by atoms with Gasteiger partial charge in [0.15, 0.2) is 0 Å². The molecule has 2 aromatic rings. The summed E-state index contributed by atoms with van der Waals surface area (Å²) in [7, 11) is -3.27. The molecular weight excluding hydrogens is 376 g/mol. The number of amides is 1. The van der Waals surface area contributed by atoms with E-state index in [0.29, 0.717) is 32.4 Å². The van der Waals surface area contributed by atoms with E-state index in [1.165, 1.54) is 4.31 Å². The number of aromatic nitrogens is 2. The van der Waals surface area contributed by atoms with Gasteiger partial charge in [-0.2, -0.15) is 0 Å². The maximum atomic E-state index is 12.7. The van der Waals surface area contributed by atoms with E-state index in [2.05, 4.69) is 28.7 Å². The Bertz CT molecular complexity index is 936. The molecule has 1 aliphatic heterocycles. The lowest BCUT2D eigenvalue weighted by Crippen LogP contribution is -2.46. The second-order valence-corrected chi connectivity index (χ2v) is 9.80. The normalized spacial score (nSPS) is 18.6. The second-order valence-electron chi connectivity index (χ2n) is 7.71. The van der Waals surface area contributed by atoms with Crippen LogP contribution in [0.15, 0.2) is 24.3 Å². The number of carbonyl (C=O) groups excluding carboxylic acids is 1. The standard InChI is InChI=1S/C20H30N4O3S/c1-4-12-28(26,27)23-11-7-8-16(14-23)20(25)21-13-19-22-17-9-5-6-10-18(17)24(19)15(2)3/h5-6,9-10,15-16H,4,7-8,11-14H2,1-3H3,(H,21,25)/t16-/m0/s1. The average molecular weight is 407 g/mol.